The third-order valence-corrected chi connectivity index (χ3v) is 1.95. The van der Waals surface area contributed by atoms with Gasteiger partial charge in [0.2, 0.25) is 0 Å². The lowest BCUT2D eigenvalue weighted by Gasteiger charge is -2.20. The molecule has 0 spiro atoms. The fourth-order valence-corrected chi connectivity index (χ4v) is 1.17. The second-order valence-electron chi connectivity index (χ2n) is 4.05. The molecule has 0 rings (SSSR count). The van der Waals surface area contributed by atoms with Gasteiger partial charge in [0.15, 0.2) is 0 Å². The van der Waals surface area contributed by atoms with Crippen molar-refractivity contribution in [3.8, 4) is 0 Å². The monoisotopic (exact) mass is 168 g/mol. The Kier molecular flexibility index (Phi) is 4.25. The molecule has 0 bridgehead atoms. The third kappa shape index (κ3) is 4.35. The van der Waals surface area contributed by atoms with Crippen LogP contribution in [0.1, 0.15) is 34.1 Å². The molecule has 0 saturated heterocycles. The number of aliphatic hydroxyl groups is 1. The molecule has 0 aromatic carbocycles. The van der Waals surface area contributed by atoms with Crippen LogP contribution >= 0.6 is 0 Å². The van der Waals surface area contributed by atoms with Crippen molar-refractivity contribution >= 4 is 0 Å². The molecule has 1 N–H and O–H groups in total. The van der Waals surface area contributed by atoms with Gasteiger partial charge in [-0.15, -0.1) is 6.58 Å². The van der Waals surface area contributed by atoms with Gasteiger partial charge in [-0.1, -0.05) is 26.0 Å². The lowest BCUT2D eigenvalue weighted by Crippen LogP contribution is -2.10. The van der Waals surface area contributed by atoms with Gasteiger partial charge in [-0.2, -0.15) is 0 Å². The molecule has 0 aliphatic rings. The SMILES string of the molecule is C=CCC(C)(C)/C=C(\C)C(C)O. The van der Waals surface area contributed by atoms with Gasteiger partial charge in [0.05, 0.1) is 6.10 Å². The fourth-order valence-electron chi connectivity index (χ4n) is 1.17. The molecule has 1 atom stereocenters. The quantitative estimate of drug-likeness (QED) is 0.640. The van der Waals surface area contributed by atoms with Crippen LogP contribution in [0.3, 0.4) is 0 Å². The molecule has 12 heavy (non-hydrogen) atoms. The first-order valence-electron chi connectivity index (χ1n) is 4.37. The number of hydrogen-bond acceptors (Lipinski definition) is 1. The zero-order valence-electron chi connectivity index (χ0n) is 8.59. The van der Waals surface area contributed by atoms with E-state index in [0.717, 1.165) is 12.0 Å². The van der Waals surface area contributed by atoms with Crippen LogP contribution in [-0.4, -0.2) is 11.2 Å². The molecule has 0 aliphatic heterocycles. The van der Waals surface area contributed by atoms with E-state index in [1.165, 1.54) is 0 Å². The van der Waals surface area contributed by atoms with E-state index in [-0.39, 0.29) is 11.5 Å². The molecule has 0 fully saturated rings. The molecule has 0 saturated carbocycles. The van der Waals surface area contributed by atoms with Crippen molar-refractivity contribution < 1.29 is 5.11 Å². The Bertz CT molecular complexity index is 175. The summed E-state index contributed by atoms with van der Waals surface area (Å²) in [7, 11) is 0. The van der Waals surface area contributed by atoms with Crippen LogP contribution in [0.2, 0.25) is 0 Å². The first-order valence-corrected chi connectivity index (χ1v) is 4.37. The minimum atomic E-state index is -0.339. The standard InChI is InChI=1S/C11H20O/c1-6-7-11(4,5)8-9(2)10(3)12/h6,8,10,12H,1,7H2,2-5H3/b9-8+. The summed E-state index contributed by atoms with van der Waals surface area (Å²) in [6.07, 6.45) is 4.62. The summed E-state index contributed by atoms with van der Waals surface area (Å²) in [4.78, 5) is 0. The summed E-state index contributed by atoms with van der Waals surface area (Å²) in [6.45, 7) is 11.7. The topological polar surface area (TPSA) is 20.2 Å². The van der Waals surface area contributed by atoms with Gasteiger partial charge in [0, 0.05) is 0 Å². The van der Waals surface area contributed by atoms with E-state index in [4.69, 9.17) is 0 Å². The molecule has 70 valence electrons. The number of rotatable bonds is 4. The zero-order chi connectivity index (χ0) is 9.78. The highest BCUT2D eigenvalue weighted by molar-refractivity contribution is 5.09. The molecular weight excluding hydrogens is 148 g/mol. The zero-order valence-corrected chi connectivity index (χ0v) is 8.59. The van der Waals surface area contributed by atoms with Crippen molar-refractivity contribution in [2.24, 2.45) is 5.41 Å². The molecular formula is C11H20O. The van der Waals surface area contributed by atoms with E-state index < -0.39 is 0 Å². The van der Waals surface area contributed by atoms with E-state index in [0.29, 0.717) is 0 Å². The van der Waals surface area contributed by atoms with E-state index in [9.17, 15) is 5.11 Å². The molecule has 1 heteroatoms. The van der Waals surface area contributed by atoms with Gasteiger partial charge in [-0.3, -0.25) is 0 Å². The summed E-state index contributed by atoms with van der Waals surface area (Å²) >= 11 is 0. The van der Waals surface area contributed by atoms with E-state index >= 15 is 0 Å². The van der Waals surface area contributed by atoms with Crippen molar-refractivity contribution in [3.05, 3.63) is 24.3 Å². The maximum absolute atomic E-state index is 9.26. The lowest BCUT2D eigenvalue weighted by atomic mass is 9.86. The number of aliphatic hydroxyl groups excluding tert-OH is 1. The molecule has 0 heterocycles. The third-order valence-electron chi connectivity index (χ3n) is 1.95. The Balaban J connectivity index is 4.37. The largest absolute Gasteiger partial charge is 0.389 e. The second kappa shape index (κ2) is 4.46. The van der Waals surface area contributed by atoms with Crippen molar-refractivity contribution in [3.63, 3.8) is 0 Å². The maximum Gasteiger partial charge on any atom is 0.0719 e. The Labute approximate surface area is 75.8 Å². The van der Waals surface area contributed by atoms with Gasteiger partial charge < -0.3 is 5.11 Å². The van der Waals surface area contributed by atoms with Crippen LogP contribution in [0.15, 0.2) is 24.3 Å². The molecule has 0 amide bonds. The van der Waals surface area contributed by atoms with Crippen LogP contribution in [0.25, 0.3) is 0 Å². The van der Waals surface area contributed by atoms with Crippen LogP contribution in [0.5, 0.6) is 0 Å². The smallest absolute Gasteiger partial charge is 0.0719 e. The average Bonchev–Trinajstić information content (AvgIpc) is 1.85. The number of allylic oxidation sites excluding steroid dienone is 2. The predicted octanol–water partition coefficient (Wildman–Crippen LogP) is 2.92. The molecule has 0 aromatic rings. The molecule has 0 radical (unpaired) electrons. The minimum Gasteiger partial charge on any atom is -0.389 e. The van der Waals surface area contributed by atoms with Gasteiger partial charge >= 0.3 is 0 Å². The highest BCUT2D eigenvalue weighted by Crippen LogP contribution is 2.24. The molecule has 0 aromatic heterocycles. The second-order valence-corrected chi connectivity index (χ2v) is 4.05. The van der Waals surface area contributed by atoms with Crippen LogP contribution in [0, 0.1) is 5.41 Å². The lowest BCUT2D eigenvalue weighted by molar-refractivity contribution is 0.229. The minimum absolute atomic E-state index is 0.114. The van der Waals surface area contributed by atoms with Gasteiger partial charge in [-0.05, 0) is 31.3 Å². The average molecular weight is 168 g/mol. The number of hydrogen-bond donors (Lipinski definition) is 1. The Morgan fingerprint density at radius 2 is 2.08 bits per heavy atom. The Morgan fingerprint density at radius 1 is 1.58 bits per heavy atom. The highest BCUT2D eigenvalue weighted by atomic mass is 16.3. The molecule has 1 nitrogen and oxygen atoms in total. The van der Waals surface area contributed by atoms with E-state index in [2.05, 4.69) is 26.5 Å². The molecule has 0 aliphatic carbocycles. The summed E-state index contributed by atoms with van der Waals surface area (Å²) in [5.74, 6) is 0. The van der Waals surface area contributed by atoms with Crippen LogP contribution < -0.4 is 0 Å². The summed E-state index contributed by atoms with van der Waals surface area (Å²) in [5.41, 5.74) is 1.14. The highest BCUT2D eigenvalue weighted by Gasteiger charge is 2.13. The van der Waals surface area contributed by atoms with Gasteiger partial charge in [-0.25, -0.2) is 0 Å². The summed E-state index contributed by atoms with van der Waals surface area (Å²) < 4.78 is 0. The van der Waals surface area contributed by atoms with E-state index in [1.54, 1.807) is 6.92 Å². The fraction of sp³-hybridized carbons (Fsp3) is 0.636. The summed E-state index contributed by atoms with van der Waals surface area (Å²) in [6, 6.07) is 0. The first kappa shape index (κ1) is 11.4. The van der Waals surface area contributed by atoms with Crippen LogP contribution in [-0.2, 0) is 0 Å². The Morgan fingerprint density at radius 3 is 2.42 bits per heavy atom. The van der Waals surface area contributed by atoms with Gasteiger partial charge in [0.25, 0.3) is 0 Å². The van der Waals surface area contributed by atoms with Gasteiger partial charge in [0.1, 0.15) is 0 Å². The normalized spacial score (nSPS) is 15.9. The molecule has 1 unspecified atom stereocenters. The van der Waals surface area contributed by atoms with Crippen molar-refractivity contribution in [1.82, 2.24) is 0 Å². The van der Waals surface area contributed by atoms with Crippen LogP contribution in [0.4, 0.5) is 0 Å². The van der Waals surface area contributed by atoms with Crippen molar-refractivity contribution in [2.45, 2.75) is 40.2 Å². The Hall–Kier alpha value is -0.560. The van der Waals surface area contributed by atoms with Crippen molar-refractivity contribution in [2.75, 3.05) is 0 Å². The van der Waals surface area contributed by atoms with E-state index in [1.807, 2.05) is 13.0 Å². The summed E-state index contributed by atoms with van der Waals surface area (Å²) in [5, 5.41) is 9.26. The first-order chi connectivity index (χ1) is 5.39. The predicted molar refractivity (Wildman–Crippen MR) is 54.0 cm³/mol. The van der Waals surface area contributed by atoms with Crippen molar-refractivity contribution in [1.29, 1.82) is 0 Å². The maximum atomic E-state index is 9.26.